The van der Waals surface area contributed by atoms with E-state index in [2.05, 4.69) is 9.55 Å². The van der Waals surface area contributed by atoms with Gasteiger partial charge in [0.05, 0.1) is 23.1 Å². The first-order chi connectivity index (χ1) is 11.1. The Balaban J connectivity index is 1.90. The Morgan fingerprint density at radius 2 is 1.87 bits per heavy atom. The molecule has 4 nitrogen and oxygen atoms in total. The van der Waals surface area contributed by atoms with Crippen LogP contribution in [-0.4, -0.2) is 27.4 Å². The van der Waals surface area contributed by atoms with Crippen LogP contribution in [0.4, 0.5) is 4.39 Å². The van der Waals surface area contributed by atoms with Crippen LogP contribution in [0, 0.1) is 5.82 Å². The molecule has 3 aromatic rings. The van der Waals surface area contributed by atoms with E-state index in [4.69, 9.17) is 0 Å². The summed E-state index contributed by atoms with van der Waals surface area (Å²) in [6.07, 6.45) is 0. The standard InChI is InChI=1S/C18H18FN3O/c1-3-22-16-11-7-6-10-15(16)20-17(22)12-21(2)18(23)13-8-4-5-9-14(13)19/h4-11H,3,12H2,1-2H3. The summed E-state index contributed by atoms with van der Waals surface area (Å²) in [5, 5.41) is 0. The first kappa shape index (κ1) is 15.2. The Morgan fingerprint density at radius 3 is 2.61 bits per heavy atom. The van der Waals surface area contributed by atoms with E-state index in [1.807, 2.05) is 31.2 Å². The van der Waals surface area contributed by atoms with Crippen LogP contribution in [0.25, 0.3) is 11.0 Å². The molecule has 2 aromatic carbocycles. The van der Waals surface area contributed by atoms with Crippen molar-refractivity contribution in [2.24, 2.45) is 0 Å². The average Bonchev–Trinajstić information content (AvgIpc) is 2.91. The van der Waals surface area contributed by atoms with Gasteiger partial charge in [0.2, 0.25) is 0 Å². The Hall–Kier alpha value is -2.69. The fourth-order valence-electron chi connectivity index (χ4n) is 2.72. The number of imidazole rings is 1. The lowest BCUT2D eigenvalue weighted by molar-refractivity contribution is 0.0775. The zero-order chi connectivity index (χ0) is 16.4. The highest BCUT2D eigenvalue weighted by molar-refractivity contribution is 5.94. The molecule has 0 saturated heterocycles. The minimum atomic E-state index is -0.506. The quantitative estimate of drug-likeness (QED) is 0.740. The molecule has 0 spiro atoms. The van der Waals surface area contributed by atoms with Crippen LogP contribution >= 0.6 is 0 Å². The number of fused-ring (bicyclic) bond motifs is 1. The fraction of sp³-hybridized carbons (Fsp3) is 0.222. The van der Waals surface area contributed by atoms with Gasteiger partial charge < -0.3 is 9.47 Å². The SMILES string of the molecule is CCn1c(CN(C)C(=O)c2ccccc2F)nc2ccccc21. The maximum absolute atomic E-state index is 13.8. The summed E-state index contributed by atoms with van der Waals surface area (Å²) >= 11 is 0. The van der Waals surface area contributed by atoms with E-state index in [1.54, 1.807) is 19.2 Å². The predicted molar refractivity (Wildman–Crippen MR) is 87.6 cm³/mol. The zero-order valence-corrected chi connectivity index (χ0v) is 13.2. The summed E-state index contributed by atoms with van der Waals surface area (Å²) in [5.41, 5.74) is 2.02. The topological polar surface area (TPSA) is 38.1 Å². The number of para-hydroxylation sites is 2. The van der Waals surface area contributed by atoms with Crippen LogP contribution in [-0.2, 0) is 13.1 Å². The summed E-state index contributed by atoms with van der Waals surface area (Å²) in [5.74, 6) is -0.0629. The molecule has 1 amide bonds. The van der Waals surface area contributed by atoms with Gasteiger partial charge in [0.15, 0.2) is 0 Å². The Labute approximate surface area is 134 Å². The van der Waals surface area contributed by atoms with E-state index in [1.165, 1.54) is 17.0 Å². The number of carbonyl (C=O) groups excluding carboxylic acids is 1. The zero-order valence-electron chi connectivity index (χ0n) is 13.2. The number of halogens is 1. The third-order valence-corrected chi connectivity index (χ3v) is 3.88. The van der Waals surface area contributed by atoms with Gasteiger partial charge in [-0.2, -0.15) is 0 Å². The fourth-order valence-corrected chi connectivity index (χ4v) is 2.72. The molecule has 23 heavy (non-hydrogen) atoms. The maximum atomic E-state index is 13.8. The number of rotatable bonds is 4. The number of benzene rings is 2. The number of nitrogens with zero attached hydrogens (tertiary/aromatic N) is 3. The highest BCUT2D eigenvalue weighted by Crippen LogP contribution is 2.18. The second kappa shape index (κ2) is 6.20. The minimum Gasteiger partial charge on any atom is -0.334 e. The van der Waals surface area contributed by atoms with E-state index < -0.39 is 5.82 Å². The first-order valence-electron chi connectivity index (χ1n) is 7.56. The second-order valence-electron chi connectivity index (χ2n) is 5.40. The molecule has 5 heteroatoms. The van der Waals surface area contributed by atoms with Crippen molar-refractivity contribution in [3.63, 3.8) is 0 Å². The second-order valence-corrected chi connectivity index (χ2v) is 5.40. The number of aromatic nitrogens is 2. The van der Waals surface area contributed by atoms with Crippen molar-refractivity contribution in [3.8, 4) is 0 Å². The largest absolute Gasteiger partial charge is 0.334 e. The minimum absolute atomic E-state index is 0.0779. The lowest BCUT2D eigenvalue weighted by atomic mass is 10.2. The molecule has 1 aromatic heterocycles. The molecule has 0 unspecified atom stereocenters. The van der Waals surface area contributed by atoms with Crippen molar-refractivity contribution in [1.82, 2.24) is 14.5 Å². The Kier molecular flexibility index (Phi) is 4.10. The molecule has 0 aliphatic heterocycles. The average molecular weight is 311 g/mol. The number of hydrogen-bond acceptors (Lipinski definition) is 2. The highest BCUT2D eigenvalue weighted by Gasteiger charge is 2.18. The molecule has 0 atom stereocenters. The monoisotopic (exact) mass is 311 g/mol. The van der Waals surface area contributed by atoms with Gasteiger partial charge in [-0.1, -0.05) is 24.3 Å². The van der Waals surface area contributed by atoms with Gasteiger partial charge in [0, 0.05) is 13.6 Å². The van der Waals surface area contributed by atoms with Gasteiger partial charge in [0.25, 0.3) is 5.91 Å². The molecule has 1 heterocycles. The van der Waals surface area contributed by atoms with E-state index in [9.17, 15) is 9.18 Å². The number of amides is 1. The van der Waals surface area contributed by atoms with Gasteiger partial charge >= 0.3 is 0 Å². The van der Waals surface area contributed by atoms with E-state index in [0.717, 1.165) is 23.4 Å². The summed E-state index contributed by atoms with van der Waals surface area (Å²) in [7, 11) is 1.66. The van der Waals surface area contributed by atoms with Crippen molar-refractivity contribution in [3.05, 3.63) is 65.7 Å². The number of carbonyl (C=O) groups is 1. The number of aryl methyl sites for hydroxylation is 1. The Morgan fingerprint density at radius 1 is 1.17 bits per heavy atom. The van der Waals surface area contributed by atoms with Crippen LogP contribution < -0.4 is 0 Å². The smallest absolute Gasteiger partial charge is 0.256 e. The van der Waals surface area contributed by atoms with Crippen molar-refractivity contribution in [2.75, 3.05) is 7.05 Å². The van der Waals surface area contributed by atoms with Crippen LogP contribution in [0.5, 0.6) is 0 Å². The molecular weight excluding hydrogens is 293 g/mol. The summed E-state index contributed by atoms with van der Waals surface area (Å²) in [6.45, 7) is 3.13. The molecule has 0 aliphatic rings. The molecule has 0 saturated carbocycles. The van der Waals surface area contributed by atoms with Crippen LogP contribution in [0.15, 0.2) is 48.5 Å². The third kappa shape index (κ3) is 2.82. The molecule has 0 fully saturated rings. The summed E-state index contributed by atoms with van der Waals surface area (Å²) in [6, 6.07) is 13.9. The maximum Gasteiger partial charge on any atom is 0.256 e. The van der Waals surface area contributed by atoms with Gasteiger partial charge in [-0.25, -0.2) is 9.37 Å². The van der Waals surface area contributed by atoms with Crippen LogP contribution in [0.3, 0.4) is 0 Å². The van der Waals surface area contributed by atoms with Crippen molar-refractivity contribution < 1.29 is 9.18 Å². The molecule has 118 valence electrons. The van der Waals surface area contributed by atoms with Gasteiger partial charge in [-0.05, 0) is 31.2 Å². The van der Waals surface area contributed by atoms with E-state index in [0.29, 0.717) is 6.54 Å². The third-order valence-electron chi connectivity index (χ3n) is 3.88. The van der Waals surface area contributed by atoms with Gasteiger partial charge in [-0.15, -0.1) is 0 Å². The molecule has 3 rings (SSSR count). The van der Waals surface area contributed by atoms with Crippen molar-refractivity contribution >= 4 is 16.9 Å². The van der Waals surface area contributed by atoms with Gasteiger partial charge in [-0.3, -0.25) is 4.79 Å². The molecule has 0 N–H and O–H groups in total. The van der Waals surface area contributed by atoms with E-state index >= 15 is 0 Å². The molecule has 0 bridgehead atoms. The molecule has 0 aliphatic carbocycles. The lowest BCUT2D eigenvalue weighted by Crippen LogP contribution is -2.28. The normalized spacial score (nSPS) is 10.9. The highest BCUT2D eigenvalue weighted by atomic mass is 19.1. The van der Waals surface area contributed by atoms with Crippen LogP contribution in [0.1, 0.15) is 23.1 Å². The molecular formula is C18H18FN3O. The van der Waals surface area contributed by atoms with Gasteiger partial charge in [0.1, 0.15) is 11.6 Å². The lowest BCUT2D eigenvalue weighted by Gasteiger charge is -2.18. The predicted octanol–water partition coefficient (Wildman–Crippen LogP) is 3.47. The molecule has 0 radical (unpaired) electrons. The first-order valence-corrected chi connectivity index (χ1v) is 7.56. The van der Waals surface area contributed by atoms with Crippen LogP contribution in [0.2, 0.25) is 0 Å². The van der Waals surface area contributed by atoms with Crippen molar-refractivity contribution in [2.45, 2.75) is 20.0 Å². The summed E-state index contributed by atoms with van der Waals surface area (Å²) in [4.78, 5) is 18.5. The number of hydrogen-bond donors (Lipinski definition) is 0. The summed E-state index contributed by atoms with van der Waals surface area (Å²) < 4.78 is 15.9. The Bertz CT molecular complexity index is 856. The van der Waals surface area contributed by atoms with Crippen molar-refractivity contribution in [1.29, 1.82) is 0 Å². The van der Waals surface area contributed by atoms with E-state index in [-0.39, 0.29) is 11.5 Å².